The molecule has 3 aromatic rings. The summed E-state index contributed by atoms with van der Waals surface area (Å²) in [6, 6.07) is 10.8. The Morgan fingerprint density at radius 3 is 2.62 bits per heavy atom. The van der Waals surface area contributed by atoms with Gasteiger partial charge in [0, 0.05) is 44.0 Å². The Balaban J connectivity index is 1.12. The molecule has 0 aliphatic carbocycles. The Hall–Kier alpha value is -4.21. The Morgan fingerprint density at radius 2 is 1.82 bits per heavy atom. The lowest BCUT2D eigenvalue weighted by Gasteiger charge is -2.38. The van der Waals surface area contributed by atoms with Gasteiger partial charge in [0.15, 0.2) is 0 Å². The van der Waals surface area contributed by atoms with Crippen molar-refractivity contribution < 1.29 is 18.7 Å². The highest BCUT2D eigenvalue weighted by Gasteiger charge is 2.32. The maximum atomic E-state index is 14.7. The van der Waals surface area contributed by atoms with E-state index in [1.54, 1.807) is 13.2 Å². The predicted octanol–water partition coefficient (Wildman–Crippen LogP) is 4.19. The summed E-state index contributed by atoms with van der Waals surface area (Å²) in [5.41, 5.74) is 4.18. The highest BCUT2D eigenvalue weighted by Crippen LogP contribution is 2.33. The predicted molar refractivity (Wildman–Crippen MR) is 146 cm³/mol. The summed E-state index contributed by atoms with van der Waals surface area (Å²) < 4.78 is 20.1. The van der Waals surface area contributed by atoms with Gasteiger partial charge < -0.3 is 24.8 Å². The fraction of sp³-hybridized carbons (Fsp3) is 0.379. The third-order valence-electron chi connectivity index (χ3n) is 7.94. The maximum Gasteiger partial charge on any atom is 0.322 e. The second-order valence-corrected chi connectivity index (χ2v) is 10.3. The lowest BCUT2D eigenvalue weighted by molar-refractivity contribution is 0.0983. The lowest BCUT2D eigenvalue weighted by Crippen LogP contribution is -2.49. The molecule has 0 saturated carbocycles. The van der Waals surface area contributed by atoms with E-state index in [0.717, 1.165) is 47.4 Å². The van der Waals surface area contributed by atoms with Gasteiger partial charge in [0.2, 0.25) is 0 Å². The van der Waals surface area contributed by atoms with Crippen LogP contribution in [-0.2, 0) is 12.8 Å². The van der Waals surface area contributed by atoms with Crippen molar-refractivity contribution in [3.63, 3.8) is 0 Å². The molecule has 10 heteroatoms. The zero-order valence-corrected chi connectivity index (χ0v) is 22.1. The number of hydrogen-bond donors (Lipinski definition) is 1. The van der Waals surface area contributed by atoms with Gasteiger partial charge in [0.05, 0.1) is 12.8 Å². The molecular weight excluding hydrogens is 499 g/mol. The van der Waals surface area contributed by atoms with Gasteiger partial charge in [-0.3, -0.25) is 4.79 Å². The van der Waals surface area contributed by atoms with Crippen molar-refractivity contribution in [2.75, 3.05) is 48.4 Å². The minimum Gasteiger partial charge on any atom is -0.497 e. The minimum atomic E-state index is -0.382. The van der Waals surface area contributed by atoms with Crippen LogP contribution in [0.2, 0.25) is 0 Å². The van der Waals surface area contributed by atoms with E-state index in [9.17, 15) is 14.0 Å². The van der Waals surface area contributed by atoms with E-state index < -0.39 is 0 Å². The van der Waals surface area contributed by atoms with Crippen LogP contribution in [0.5, 0.6) is 5.75 Å². The summed E-state index contributed by atoms with van der Waals surface area (Å²) in [5, 5.41) is 3.05. The van der Waals surface area contributed by atoms with E-state index in [4.69, 9.17) is 4.74 Å². The molecule has 1 N–H and O–H groups in total. The monoisotopic (exact) mass is 530 g/mol. The Labute approximate surface area is 226 Å². The van der Waals surface area contributed by atoms with Crippen LogP contribution in [0.4, 0.5) is 26.4 Å². The molecule has 9 nitrogen and oxygen atoms in total. The van der Waals surface area contributed by atoms with E-state index in [2.05, 4.69) is 20.2 Å². The smallest absolute Gasteiger partial charge is 0.322 e. The molecule has 202 valence electrons. The lowest BCUT2D eigenvalue weighted by atomic mass is 10.0. The number of fused-ring (bicyclic) bond motifs is 2. The number of halogens is 1. The fourth-order valence-corrected chi connectivity index (χ4v) is 5.93. The first-order chi connectivity index (χ1) is 18.9. The summed E-state index contributed by atoms with van der Waals surface area (Å²) in [6.07, 6.45) is 4.33. The number of aromatic nitrogens is 2. The number of rotatable bonds is 4. The largest absolute Gasteiger partial charge is 0.497 e. The van der Waals surface area contributed by atoms with Crippen LogP contribution in [0.1, 0.15) is 40.0 Å². The Morgan fingerprint density at radius 1 is 1.03 bits per heavy atom. The average Bonchev–Trinajstić information content (AvgIpc) is 3.30. The van der Waals surface area contributed by atoms with Crippen LogP contribution in [0.3, 0.4) is 0 Å². The molecule has 0 bridgehead atoms. The van der Waals surface area contributed by atoms with Crippen molar-refractivity contribution in [2.24, 2.45) is 0 Å². The van der Waals surface area contributed by atoms with E-state index in [0.29, 0.717) is 44.1 Å². The van der Waals surface area contributed by atoms with Crippen molar-refractivity contribution >= 4 is 29.1 Å². The number of anilines is 3. The number of nitrogens with zero attached hydrogens (tertiary/aromatic N) is 5. The number of hydrogen-bond acceptors (Lipinski definition) is 6. The van der Waals surface area contributed by atoms with Crippen molar-refractivity contribution in [2.45, 2.75) is 38.6 Å². The van der Waals surface area contributed by atoms with Gasteiger partial charge in [-0.05, 0) is 73.6 Å². The van der Waals surface area contributed by atoms with Crippen LogP contribution in [0.25, 0.3) is 0 Å². The van der Waals surface area contributed by atoms with Crippen molar-refractivity contribution in [3.8, 4) is 5.75 Å². The average molecular weight is 531 g/mol. The summed E-state index contributed by atoms with van der Waals surface area (Å²) in [7, 11) is 1.64. The molecule has 4 heterocycles. The molecule has 6 rings (SSSR count). The number of aryl methyl sites for hydroxylation is 1. The van der Waals surface area contributed by atoms with Gasteiger partial charge in [-0.25, -0.2) is 19.2 Å². The summed E-state index contributed by atoms with van der Waals surface area (Å²) in [6.45, 7) is 4.30. The fourth-order valence-electron chi connectivity index (χ4n) is 5.93. The van der Waals surface area contributed by atoms with Gasteiger partial charge in [0.25, 0.3) is 5.91 Å². The Kier molecular flexibility index (Phi) is 6.54. The van der Waals surface area contributed by atoms with Crippen LogP contribution in [-0.4, -0.2) is 66.1 Å². The highest BCUT2D eigenvalue weighted by atomic mass is 19.1. The van der Waals surface area contributed by atoms with E-state index in [1.807, 2.05) is 36.1 Å². The van der Waals surface area contributed by atoms with Crippen LogP contribution >= 0.6 is 0 Å². The number of amides is 3. The highest BCUT2D eigenvalue weighted by molar-refractivity contribution is 6.06. The summed E-state index contributed by atoms with van der Waals surface area (Å²) >= 11 is 0. The maximum absolute atomic E-state index is 14.7. The van der Waals surface area contributed by atoms with Crippen LogP contribution in [0, 0.1) is 12.7 Å². The number of carbonyl (C=O) groups is 2. The zero-order valence-electron chi connectivity index (χ0n) is 22.1. The van der Waals surface area contributed by atoms with E-state index in [-0.39, 0.29) is 29.5 Å². The van der Waals surface area contributed by atoms with Gasteiger partial charge in [-0.2, -0.15) is 0 Å². The first kappa shape index (κ1) is 25.1. The Bertz CT molecular complexity index is 1440. The topological polar surface area (TPSA) is 90.9 Å². The third-order valence-corrected chi connectivity index (χ3v) is 7.94. The van der Waals surface area contributed by atoms with E-state index >= 15 is 0 Å². The summed E-state index contributed by atoms with van der Waals surface area (Å²) in [4.78, 5) is 40.5. The molecule has 3 aliphatic heterocycles. The van der Waals surface area contributed by atoms with Gasteiger partial charge >= 0.3 is 6.03 Å². The molecule has 1 aromatic heterocycles. The summed E-state index contributed by atoms with van der Waals surface area (Å²) in [5.74, 6) is 0.733. The molecule has 1 saturated heterocycles. The quantitative estimate of drug-likeness (QED) is 0.544. The molecule has 1 fully saturated rings. The van der Waals surface area contributed by atoms with Crippen LogP contribution in [0.15, 0.2) is 42.7 Å². The molecule has 0 unspecified atom stereocenters. The number of benzene rings is 2. The standard InChI is InChI=1S/C29H31FN6O3/c1-18-13-20-6-12-36(27(20)23(30)14-18)28(37)25-16-26(32-17-31-25)34-9-7-21(8-10-34)35-11-5-19-15-22(39-2)3-4-24(19)33-29(35)38/h3-4,13-17,21H,5-12H2,1-2H3,(H,33,38). The van der Waals surface area contributed by atoms with Gasteiger partial charge in [-0.1, -0.05) is 6.07 Å². The zero-order chi connectivity index (χ0) is 27.1. The normalized spacial score (nSPS) is 17.4. The minimum absolute atomic E-state index is 0.0828. The number of piperidine rings is 1. The molecule has 2 aromatic carbocycles. The first-order valence-corrected chi connectivity index (χ1v) is 13.3. The number of urea groups is 1. The van der Waals surface area contributed by atoms with Gasteiger partial charge in [0.1, 0.15) is 29.4 Å². The second kappa shape index (κ2) is 10.2. The number of ether oxygens (including phenoxy) is 1. The molecule has 3 amide bonds. The number of carbonyl (C=O) groups excluding carboxylic acids is 2. The van der Waals surface area contributed by atoms with Crippen molar-refractivity contribution in [3.05, 3.63) is 70.9 Å². The molecule has 3 aliphatic rings. The van der Waals surface area contributed by atoms with Crippen LogP contribution < -0.4 is 19.9 Å². The van der Waals surface area contributed by atoms with Crippen molar-refractivity contribution in [1.29, 1.82) is 0 Å². The molecule has 0 radical (unpaired) electrons. The molecule has 0 spiro atoms. The van der Waals surface area contributed by atoms with Gasteiger partial charge in [-0.15, -0.1) is 0 Å². The second-order valence-electron chi connectivity index (χ2n) is 10.3. The SMILES string of the molecule is COc1ccc2c(c1)CCN(C1CCN(c3cc(C(=O)N4CCc5cc(C)cc(F)c54)ncn3)CC1)C(=O)N2. The number of methoxy groups -OCH3 is 1. The molecule has 39 heavy (non-hydrogen) atoms. The van der Waals surface area contributed by atoms with Crippen molar-refractivity contribution in [1.82, 2.24) is 14.9 Å². The third kappa shape index (κ3) is 4.75. The molecular formula is C29H31FN6O3. The van der Waals surface area contributed by atoms with E-state index in [1.165, 1.54) is 17.3 Å². The first-order valence-electron chi connectivity index (χ1n) is 13.3. The molecule has 0 atom stereocenters. The number of nitrogens with one attached hydrogen (secondary N) is 1.